The van der Waals surface area contributed by atoms with Gasteiger partial charge in [-0.05, 0) is 33.1 Å². The molecule has 88 valence electrons. The van der Waals surface area contributed by atoms with Crippen LogP contribution in [0.2, 0.25) is 0 Å². The summed E-state index contributed by atoms with van der Waals surface area (Å²) in [6, 6.07) is 0. The number of aldehydes is 1. The third-order valence-corrected chi connectivity index (χ3v) is 3.24. The summed E-state index contributed by atoms with van der Waals surface area (Å²) in [7, 11) is 0. The predicted molar refractivity (Wildman–Crippen MR) is 60.7 cm³/mol. The Labute approximate surface area is 95.6 Å². The van der Waals surface area contributed by atoms with E-state index in [4.69, 9.17) is 4.74 Å². The molecular formula is C12H18N2O2. The molecule has 1 aromatic rings. The lowest BCUT2D eigenvalue weighted by Crippen LogP contribution is -2.12. The molecular weight excluding hydrogens is 204 g/mol. The van der Waals surface area contributed by atoms with Crippen LogP contribution in [0.15, 0.2) is 0 Å². The highest BCUT2D eigenvalue weighted by molar-refractivity contribution is 5.77. The summed E-state index contributed by atoms with van der Waals surface area (Å²) in [6.07, 6.45) is 4.57. The SMILES string of the molecule is Cc1nn(CCC2CCCO2)c(C)c1C=O. The first-order valence-electron chi connectivity index (χ1n) is 5.83. The van der Waals surface area contributed by atoms with E-state index in [9.17, 15) is 4.79 Å². The van der Waals surface area contributed by atoms with Gasteiger partial charge >= 0.3 is 0 Å². The smallest absolute Gasteiger partial charge is 0.153 e. The van der Waals surface area contributed by atoms with Crippen molar-refractivity contribution in [2.24, 2.45) is 0 Å². The maximum atomic E-state index is 10.8. The number of rotatable bonds is 4. The van der Waals surface area contributed by atoms with Gasteiger partial charge in [-0.15, -0.1) is 0 Å². The van der Waals surface area contributed by atoms with Crippen LogP contribution >= 0.6 is 0 Å². The highest BCUT2D eigenvalue weighted by atomic mass is 16.5. The number of aryl methyl sites for hydroxylation is 2. The van der Waals surface area contributed by atoms with E-state index in [0.29, 0.717) is 6.10 Å². The predicted octanol–water partition coefficient (Wildman–Crippen LogP) is 1.88. The van der Waals surface area contributed by atoms with Crippen LogP contribution in [-0.2, 0) is 11.3 Å². The number of hydrogen-bond donors (Lipinski definition) is 0. The van der Waals surface area contributed by atoms with Crippen LogP contribution in [0.4, 0.5) is 0 Å². The van der Waals surface area contributed by atoms with E-state index >= 15 is 0 Å². The minimum atomic E-state index is 0.378. The average molecular weight is 222 g/mol. The quantitative estimate of drug-likeness (QED) is 0.731. The maximum Gasteiger partial charge on any atom is 0.153 e. The Bertz CT molecular complexity index is 379. The van der Waals surface area contributed by atoms with Gasteiger partial charge in [-0.25, -0.2) is 0 Å². The van der Waals surface area contributed by atoms with E-state index in [1.54, 1.807) is 0 Å². The van der Waals surface area contributed by atoms with Crippen molar-refractivity contribution in [3.8, 4) is 0 Å². The van der Waals surface area contributed by atoms with Gasteiger partial charge < -0.3 is 4.74 Å². The van der Waals surface area contributed by atoms with Gasteiger partial charge in [0.25, 0.3) is 0 Å². The Hall–Kier alpha value is -1.16. The number of hydrogen-bond acceptors (Lipinski definition) is 3. The Kier molecular flexibility index (Phi) is 3.39. The summed E-state index contributed by atoms with van der Waals surface area (Å²) in [4.78, 5) is 10.8. The van der Waals surface area contributed by atoms with Gasteiger partial charge in [-0.3, -0.25) is 9.48 Å². The zero-order valence-corrected chi connectivity index (χ0v) is 9.90. The molecule has 1 aromatic heterocycles. The van der Waals surface area contributed by atoms with Crippen molar-refractivity contribution in [2.45, 2.75) is 45.8 Å². The molecule has 0 N–H and O–H groups in total. The molecule has 0 aliphatic carbocycles. The normalized spacial score (nSPS) is 20.2. The van der Waals surface area contributed by atoms with Crippen LogP contribution in [-0.4, -0.2) is 28.8 Å². The van der Waals surface area contributed by atoms with Crippen molar-refractivity contribution in [3.63, 3.8) is 0 Å². The van der Waals surface area contributed by atoms with Gasteiger partial charge in [-0.2, -0.15) is 5.10 Å². The molecule has 16 heavy (non-hydrogen) atoms. The number of carbonyl (C=O) groups excluding carboxylic acids is 1. The Morgan fingerprint density at radius 3 is 2.94 bits per heavy atom. The molecule has 4 heteroatoms. The third-order valence-electron chi connectivity index (χ3n) is 3.24. The first-order chi connectivity index (χ1) is 7.72. The Morgan fingerprint density at radius 1 is 1.56 bits per heavy atom. The zero-order valence-electron chi connectivity index (χ0n) is 9.90. The molecule has 4 nitrogen and oxygen atoms in total. The summed E-state index contributed by atoms with van der Waals surface area (Å²) >= 11 is 0. The molecule has 2 rings (SSSR count). The summed E-state index contributed by atoms with van der Waals surface area (Å²) in [5, 5.41) is 4.37. The molecule has 0 amide bonds. The monoisotopic (exact) mass is 222 g/mol. The summed E-state index contributed by atoms with van der Waals surface area (Å²) in [5.74, 6) is 0. The summed E-state index contributed by atoms with van der Waals surface area (Å²) in [6.45, 7) is 5.55. The van der Waals surface area contributed by atoms with E-state index in [0.717, 1.165) is 49.2 Å². The molecule has 1 aliphatic rings. The Morgan fingerprint density at radius 2 is 2.38 bits per heavy atom. The van der Waals surface area contributed by atoms with Crippen molar-refractivity contribution < 1.29 is 9.53 Å². The van der Waals surface area contributed by atoms with Crippen LogP contribution in [0.1, 0.15) is 41.0 Å². The fraction of sp³-hybridized carbons (Fsp3) is 0.667. The molecule has 1 aliphatic heterocycles. The Balaban J connectivity index is 2.01. The van der Waals surface area contributed by atoms with E-state index in [2.05, 4.69) is 5.10 Å². The van der Waals surface area contributed by atoms with Crippen LogP contribution in [0.25, 0.3) is 0 Å². The fourth-order valence-electron chi connectivity index (χ4n) is 2.24. The third kappa shape index (κ3) is 2.16. The molecule has 1 fully saturated rings. The van der Waals surface area contributed by atoms with Gasteiger partial charge in [-0.1, -0.05) is 0 Å². The first kappa shape index (κ1) is 11.3. The summed E-state index contributed by atoms with van der Waals surface area (Å²) in [5.41, 5.74) is 2.51. The molecule has 1 atom stereocenters. The minimum absolute atomic E-state index is 0.378. The molecule has 0 saturated carbocycles. The maximum absolute atomic E-state index is 10.8. The largest absolute Gasteiger partial charge is 0.378 e. The van der Waals surface area contributed by atoms with Gasteiger partial charge in [0.15, 0.2) is 6.29 Å². The van der Waals surface area contributed by atoms with E-state index in [1.807, 2.05) is 18.5 Å². The molecule has 0 spiro atoms. The molecule has 1 unspecified atom stereocenters. The summed E-state index contributed by atoms with van der Waals surface area (Å²) < 4.78 is 7.48. The number of aromatic nitrogens is 2. The highest BCUT2D eigenvalue weighted by Gasteiger charge is 2.17. The van der Waals surface area contributed by atoms with E-state index < -0.39 is 0 Å². The minimum Gasteiger partial charge on any atom is -0.378 e. The number of nitrogens with zero attached hydrogens (tertiary/aromatic N) is 2. The second-order valence-electron chi connectivity index (χ2n) is 4.35. The first-order valence-corrected chi connectivity index (χ1v) is 5.83. The van der Waals surface area contributed by atoms with Crippen LogP contribution < -0.4 is 0 Å². The van der Waals surface area contributed by atoms with Crippen molar-refractivity contribution in [2.75, 3.05) is 6.61 Å². The lowest BCUT2D eigenvalue weighted by atomic mass is 10.2. The van der Waals surface area contributed by atoms with Gasteiger partial charge in [0.05, 0.1) is 17.4 Å². The second-order valence-corrected chi connectivity index (χ2v) is 4.35. The van der Waals surface area contributed by atoms with Gasteiger partial charge in [0.1, 0.15) is 0 Å². The zero-order chi connectivity index (χ0) is 11.5. The lowest BCUT2D eigenvalue weighted by Gasteiger charge is -2.10. The second kappa shape index (κ2) is 4.78. The molecule has 1 saturated heterocycles. The fourth-order valence-corrected chi connectivity index (χ4v) is 2.24. The van der Waals surface area contributed by atoms with E-state index in [1.165, 1.54) is 6.42 Å². The molecule has 0 aromatic carbocycles. The number of carbonyl (C=O) groups is 1. The topological polar surface area (TPSA) is 44.1 Å². The van der Waals surface area contributed by atoms with E-state index in [-0.39, 0.29) is 0 Å². The van der Waals surface area contributed by atoms with Crippen LogP contribution in [0.3, 0.4) is 0 Å². The van der Waals surface area contributed by atoms with Crippen molar-refractivity contribution in [1.82, 2.24) is 9.78 Å². The highest BCUT2D eigenvalue weighted by Crippen LogP contribution is 2.17. The number of ether oxygens (including phenoxy) is 1. The van der Waals surface area contributed by atoms with Crippen molar-refractivity contribution >= 4 is 6.29 Å². The standard InChI is InChI=1S/C12H18N2O2/c1-9-12(8-15)10(2)14(13-9)6-5-11-4-3-7-16-11/h8,11H,3-7H2,1-2H3. The molecule has 0 radical (unpaired) electrons. The average Bonchev–Trinajstić information content (AvgIpc) is 2.85. The van der Waals surface area contributed by atoms with Gasteiger partial charge in [0.2, 0.25) is 0 Å². The van der Waals surface area contributed by atoms with Crippen LogP contribution in [0, 0.1) is 13.8 Å². The molecule has 0 bridgehead atoms. The van der Waals surface area contributed by atoms with Crippen molar-refractivity contribution in [1.29, 1.82) is 0 Å². The lowest BCUT2D eigenvalue weighted by molar-refractivity contribution is 0.0992. The van der Waals surface area contributed by atoms with Crippen LogP contribution in [0.5, 0.6) is 0 Å². The van der Waals surface area contributed by atoms with Gasteiger partial charge in [0, 0.05) is 18.8 Å². The van der Waals surface area contributed by atoms with Crippen molar-refractivity contribution in [3.05, 3.63) is 17.0 Å². The molecule has 2 heterocycles.